The van der Waals surface area contributed by atoms with Gasteiger partial charge in [0.2, 0.25) is 0 Å². The zero-order valence-corrected chi connectivity index (χ0v) is 12.7. The van der Waals surface area contributed by atoms with Gasteiger partial charge in [-0.05, 0) is 40.5 Å². The Morgan fingerprint density at radius 1 is 0.824 bits per heavy atom. The molecule has 0 aromatic heterocycles. The van der Waals surface area contributed by atoms with Gasteiger partial charge in [0.05, 0.1) is 11.2 Å². The van der Waals surface area contributed by atoms with Gasteiger partial charge in [-0.3, -0.25) is 0 Å². The van der Waals surface area contributed by atoms with Crippen LogP contribution in [0.5, 0.6) is 0 Å². The van der Waals surface area contributed by atoms with Crippen LogP contribution in [0, 0.1) is 0 Å². The largest absolute Gasteiger partial charge is 0.400 e. The first-order chi connectivity index (χ1) is 7.54. The highest BCUT2D eigenvalue weighted by Gasteiger charge is 2.32. The molecule has 0 atom stereocenters. The summed E-state index contributed by atoms with van der Waals surface area (Å²) in [6, 6.07) is 0. The Morgan fingerprint density at radius 2 is 1.12 bits per heavy atom. The molecule has 0 aliphatic heterocycles. The average molecular weight is 266 g/mol. The van der Waals surface area contributed by atoms with E-state index in [1.165, 1.54) is 0 Å². The minimum absolute atomic E-state index is 0.670. The molecule has 0 heterocycles. The normalized spacial score (nSPS) is 14.0. The summed E-state index contributed by atoms with van der Waals surface area (Å²) in [6.07, 6.45) is 3.06. The summed E-state index contributed by atoms with van der Waals surface area (Å²) >= 11 is 0. The maximum absolute atomic E-state index is 11.8. The van der Waals surface area contributed by atoms with Crippen molar-refractivity contribution in [2.75, 3.05) is 0 Å². The maximum atomic E-state index is 11.8. The molecular weight excluding hydrogens is 240 g/mol. The second-order valence-electron chi connectivity index (χ2n) is 5.59. The Kier molecular flexibility index (Phi) is 6.11. The molecule has 0 aliphatic rings. The van der Waals surface area contributed by atoms with Crippen LogP contribution in [0.4, 0.5) is 0 Å². The molecular formula is C12H26O4S. The van der Waals surface area contributed by atoms with Gasteiger partial charge < -0.3 is 0 Å². The lowest BCUT2D eigenvalue weighted by Crippen LogP contribution is -2.34. The molecule has 0 aliphatic carbocycles. The maximum Gasteiger partial charge on any atom is 0.400 e. The number of hydrogen-bond acceptors (Lipinski definition) is 4. The molecule has 0 N–H and O–H groups in total. The molecule has 0 fully saturated rings. The summed E-state index contributed by atoms with van der Waals surface area (Å²) < 4.78 is 33.7. The Bertz CT molecular complexity index is 291. The van der Waals surface area contributed by atoms with Gasteiger partial charge in [-0.15, -0.1) is 0 Å². The van der Waals surface area contributed by atoms with E-state index >= 15 is 0 Å². The fourth-order valence-corrected chi connectivity index (χ4v) is 3.16. The summed E-state index contributed by atoms with van der Waals surface area (Å²) in [5, 5.41) is 0. The Hall–Kier alpha value is -0.130. The molecule has 0 aromatic carbocycles. The van der Waals surface area contributed by atoms with Crippen LogP contribution in [0.1, 0.15) is 67.2 Å². The van der Waals surface area contributed by atoms with Gasteiger partial charge in [-0.2, -0.15) is 8.42 Å². The Morgan fingerprint density at radius 3 is 1.35 bits per heavy atom. The highest BCUT2D eigenvalue weighted by atomic mass is 32.3. The molecule has 0 radical (unpaired) electrons. The first kappa shape index (κ1) is 16.9. The van der Waals surface area contributed by atoms with E-state index in [4.69, 9.17) is 8.37 Å². The molecule has 4 nitrogen and oxygen atoms in total. The van der Waals surface area contributed by atoms with Gasteiger partial charge in [0.25, 0.3) is 0 Å². The molecule has 0 bridgehead atoms. The summed E-state index contributed by atoms with van der Waals surface area (Å²) in [4.78, 5) is 0. The van der Waals surface area contributed by atoms with Crippen LogP contribution in [0.25, 0.3) is 0 Å². The predicted molar refractivity (Wildman–Crippen MR) is 69.1 cm³/mol. The summed E-state index contributed by atoms with van der Waals surface area (Å²) in [7, 11) is -3.94. The number of rotatable bonds is 8. The van der Waals surface area contributed by atoms with Crippen LogP contribution in [0.2, 0.25) is 0 Å². The van der Waals surface area contributed by atoms with E-state index in [1.54, 1.807) is 27.7 Å². The van der Waals surface area contributed by atoms with Crippen molar-refractivity contribution in [2.24, 2.45) is 0 Å². The summed E-state index contributed by atoms with van der Waals surface area (Å²) in [6.45, 7) is 11.0. The van der Waals surface area contributed by atoms with Gasteiger partial charge in [-0.25, -0.2) is 8.37 Å². The van der Waals surface area contributed by atoms with E-state index in [-0.39, 0.29) is 0 Å². The van der Waals surface area contributed by atoms with E-state index in [0.717, 1.165) is 12.8 Å². The lowest BCUT2D eigenvalue weighted by atomic mass is 10.0. The standard InChI is InChI=1S/C12H26O4S/c1-7-9-11(3,4)15-17(13,14)16-12(5,6)10-8-2/h7-10H2,1-6H3. The molecule has 5 heteroatoms. The van der Waals surface area contributed by atoms with Crippen LogP contribution in [0.3, 0.4) is 0 Å². The first-order valence-electron chi connectivity index (χ1n) is 6.20. The molecule has 104 valence electrons. The third kappa shape index (κ3) is 7.73. The van der Waals surface area contributed by atoms with Crippen molar-refractivity contribution in [3.8, 4) is 0 Å². The van der Waals surface area contributed by atoms with Crippen molar-refractivity contribution < 1.29 is 16.8 Å². The Balaban J connectivity index is 4.60. The van der Waals surface area contributed by atoms with E-state index < -0.39 is 21.6 Å². The van der Waals surface area contributed by atoms with Crippen LogP contribution in [-0.4, -0.2) is 19.6 Å². The monoisotopic (exact) mass is 266 g/mol. The SMILES string of the molecule is CCCC(C)(C)OS(=O)(=O)OC(C)(C)CCC. The molecule has 0 aromatic rings. The minimum Gasteiger partial charge on any atom is -0.242 e. The van der Waals surface area contributed by atoms with Crippen molar-refractivity contribution in [1.82, 2.24) is 0 Å². The fourth-order valence-electron chi connectivity index (χ4n) is 1.86. The summed E-state index contributed by atoms with van der Waals surface area (Å²) in [5.74, 6) is 0. The highest BCUT2D eigenvalue weighted by Crippen LogP contribution is 2.25. The summed E-state index contributed by atoms with van der Waals surface area (Å²) in [5.41, 5.74) is -1.42. The zero-order chi connectivity index (χ0) is 13.7. The Labute approximate surface area is 106 Å². The predicted octanol–water partition coefficient (Wildman–Crippen LogP) is 3.42. The zero-order valence-electron chi connectivity index (χ0n) is 11.9. The quantitative estimate of drug-likeness (QED) is 0.675. The smallest absolute Gasteiger partial charge is 0.242 e. The average Bonchev–Trinajstić information content (AvgIpc) is 1.96. The van der Waals surface area contributed by atoms with E-state index in [1.807, 2.05) is 13.8 Å². The van der Waals surface area contributed by atoms with Crippen molar-refractivity contribution in [3.63, 3.8) is 0 Å². The van der Waals surface area contributed by atoms with Crippen molar-refractivity contribution in [1.29, 1.82) is 0 Å². The van der Waals surface area contributed by atoms with Gasteiger partial charge in [0.1, 0.15) is 0 Å². The van der Waals surface area contributed by atoms with Crippen LogP contribution in [-0.2, 0) is 18.8 Å². The molecule has 0 saturated heterocycles. The second-order valence-corrected chi connectivity index (χ2v) is 6.74. The van der Waals surface area contributed by atoms with E-state index in [2.05, 4.69) is 0 Å². The van der Waals surface area contributed by atoms with Gasteiger partial charge in [0.15, 0.2) is 0 Å². The third-order valence-electron chi connectivity index (χ3n) is 2.36. The molecule has 0 saturated carbocycles. The van der Waals surface area contributed by atoms with Crippen LogP contribution in [0.15, 0.2) is 0 Å². The van der Waals surface area contributed by atoms with Crippen molar-refractivity contribution in [3.05, 3.63) is 0 Å². The van der Waals surface area contributed by atoms with Crippen LogP contribution < -0.4 is 0 Å². The molecule has 0 rings (SSSR count). The topological polar surface area (TPSA) is 52.6 Å². The molecule has 0 amide bonds. The van der Waals surface area contributed by atoms with Crippen molar-refractivity contribution in [2.45, 2.75) is 78.4 Å². The first-order valence-corrected chi connectivity index (χ1v) is 7.53. The lowest BCUT2D eigenvalue weighted by molar-refractivity contribution is 0.0334. The molecule has 17 heavy (non-hydrogen) atoms. The lowest BCUT2D eigenvalue weighted by Gasteiger charge is -2.28. The van der Waals surface area contributed by atoms with E-state index in [0.29, 0.717) is 12.8 Å². The molecule has 0 spiro atoms. The molecule has 0 unspecified atom stereocenters. The second kappa shape index (κ2) is 6.16. The van der Waals surface area contributed by atoms with Crippen LogP contribution >= 0.6 is 0 Å². The highest BCUT2D eigenvalue weighted by molar-refractivity contribution is 7.81. The third-order valence-corrected chi connectivity index (χ3v) is 3.67. The van der Waals surface area contributed by atoms with Gasteiger partial charge >= 0.3 is 10.4 Å². The minimum atomic E-state index is -3.94. The number of hydrogen-bond donors (Lipinski definition) is 0. The van der Waals surface area contributed by atoms with Crippen molar-refractivity contribution >= 4 is 10.4 Å². The van der Waals surface area contributed by atoms with Gasteiger partial charge in [-0.1, -0.05) is 26.7 Å². The van der Waals surface area contributed by atoms with Gasteiger partial charge in [0, 0.05) is 0 Å². The van der Waals surface area contributed by atoms with E-state index in [9.17, 15) is 8.42 Å². The fraction of sp³-hybridized carbons (Fsp3) is 1.00.